The minimum absolute atomic E-state index is 0.129. The molecule has 2 heteroatoms. The maximum absolute atomic E-state index is 12.0. The van der Waals surface area contributed by atoms with Crippen LogP contribution in [0.4, 0.5) is 5.69 Å². The summed E-state index contributed by atoms with van der Waals surface area (Å²) in [5, 5.41) is 2.25. The van der Waals surface area contributed by atoms with Gasteiger partial charge in [-0.05, 0) is 24.4 Å². The van der Waals surface area contributed by atoms with Crippen LogP contribution in [0.3, 0.4) is 0 Å². The molecule has 88 valence electrons. The van der Waals surface area contributed by atoms with Gasteiger partial charge in [-0.2, -0.15) is 0 Å². The lowest BCUT2D eigenvalue weighted by Gasteiger charge is -2.14. The first kappa shape index (κ1) is 11.6. The Balaban J connectivity index is 0.000000514. The fourth-order valence-electron chi connectivity index (χ4n) is 2.29. The van der Waals surface area contributed by atoms with Gasteiger partial charge in [0.15, 0.2) is 0 Å². The molecule has 1 amide bonds. The zero-order valence-electron chi connectivity index (χ0n) is 10.5. The minimum Gasteiger partial charge on any atom is -0.308 e. The second-order valence-corrected chi connectivity index (χ2v) is 3.73. The Kier molecular flexibility index (Phi) is 3.14. The van der Waals surface area contributed by atoms with Crippen LogP contribution in [0.2, 0.25) is 0 Å². The fraction of sp³-hybridized carbons (Fsp3) is 0.267. The van der Waals surface area contributed by atoms with Gasteiger partial charge in [-0.25, -0.2) is 0 Å². The zero-order chi connectivity index (χ0) is 12.4. The highest BCUT2D eigenvalue weighted by molar-refractivity contribution is 6.24. The maximum atomic E-state index is 12.0. The Labute approximate surface area is 102 Å². The number of rotatable bonds is 1. The van der Waals surface area contributed by atoms with Crippen LogP contribution in [-0.2, 0) is 0 Å². The van der Waals surface area contributed by atoms with Crippen LogP contribution < -0.4 is 4.90 Å². The van der Waals surface area contributed by atoms with Gasteiger partial charge in [0.2, 0.25) is 0 Å². The first-order chi connectivity index (χ1) is 8.33. The van der Waals surface area contributed by atoms with E-state index in [2.05, 4.69) is 12.1 Å². The third-order valence-electron chi connectivity index (χ3n) is 2.97. The van der Waals surface area contributed by atoms with Crippen LogP contribution in [-0.4, -0.2) is 12.5 Å². The summed E-state index contributed by atoms with van der Waals surface area (Å²) in [4.78, 5) is 13.9. The smallest absolute Gasteiger partial charge is 0.258 e. The van der Waals surface area contributed by atoms with Gasteiger partial charge in [0.25, 0.3) is 5.91 Å². The summed E-state index contributed by atoms with van der Waals surface area (Å²) in [6.07, 6.45) is 0. The highest BCUT2D eigenvalue weighted by Crippen LogP contribution is 2.36. The van der Waals surface area contributed by atoms with Gasteiger partial charge in [-0.15, -0.1) is 0 Å². The molecule has 1 aliphatic rings. The Morgan fingerprint density at radius 3 is 2.35 bits per heavy atom. The van der Waals surface area contributed by atoms with Crippen molar-refractivity contribution >= 4 is 22.4 Å². The first-order valence-corrected chi connectivity index (χ1v) is 6.16. The molecule has 2 nitrogen and oxygen atoms in total. The molecule has 0 fully saturated rings. The molecule has 0 saturated heterocycles. The molecule has 0 aromatic heterocycles. The van der Waals surface area contributed by atoms with E-state index < -0.39 is 0 Å². The van der Waals surface area contributed by atoms with Gasteiger partial charge in [0.1, 0.15) is 0 Å². The van der Waals surface area contributed by atoms with E-state index in [-0.39, 0.29) is 5.91 Å². The number of hydrogen-bond donors (Lipinski definition) is 0. The van der Waals surface area contributed by atoms with E-state index in [4.69, 9.17) is 0 Å². The molecular weight excluding hydrogens is 210 g/mol. The average Bonchev–Trinajstić information content (AvgIpc) is 2.68. The molecule has 0 bridgehead atoms. The Morgan fingerprint density at radius 2 is 1.71 bits per heavy atom. The van der Waals surface area contributed by atoms with Crippen LogP contribution in [0.25, 0.3) is 10.8 Å². The standard InChI is InChI=1S/C13H11NO.C2H6/c1-2-14-11-8-4-6-9-5-3-7-10(12(9)11)13(14)15;1-2/h3-8H,2H2,1H3;1-2H3. The summed E-state index contributed by atoms with van der Waals surface area (Å²) in [5.41, 5.74) is 1.89. The quantitative estimate of drug-likeness (QED) is 0.724. The molecule has 1 aliphatic heterocycles. The van der Waals surface area contributed by atoms with Crippen molar-refractivity contribution in [2.45, 2.75) is 20.8 Å². The maximum Gasteiger partial charge on any atom is 0.258 e. The van der Waals surface area contributed by atoms with Gasteiger partial charge in [0, 0.05) is 17.5 Å². The predicted octanol–water partition coefficient (Wildman–Crippen LogP) is 3.85. The number of anilines is 1. The Bertz CT molecular complexity index is 555. The van der Waals surface area contributed by atoms with Crippen molar-refractivity contribution in [3.05, 3.63) is 42.0 Å². The second-order valence-electron chi connectivity index (χ2n) is 3.73. The highest BCUT2D eigenvalue weighted by atomic mass is 16.2. The molecule has 0 unspecified atom stereocenters. The molecule has 0 atom stereocenters. The van der Waals surface area contributed by atoms with Gasteiger partial charge in [-0.1, -0.05) is 38.1 Å². The molecule has 0 saturated carbocycles. The molecule has 2 aromatic rings. The van der Waals surface area contributed by atoms with Gasteiger partial charge in [-0.3, -0.25) is 4.79 Å². The van der Waals surface area contributed by atoms with Crippen molar-refractivity contribution in [3.63, 3.8) is 0 Å². The summed E-state index contributed by atoms with van der Waals surface area (Å²) < 4.78 is 0. The molecule has 2 aromatic carbocycles. The van der Waals surface area contributed by atoms with E-state index in [1.54, 1.807) is 0 Å². The molecule has 17 heavy (non-hydrogen) atoms. The molecule has 0 radical (unpaired) electrons. The molecule has 0 spiro atoms. The van der Waals surface area contributed by atoms with E-state index in [1.807, 2.05) is 49.9 Å². The summed E-state index contributed by atoms with van der Waals surface area (Å²) in [6, 6.07) is 12.0. The molecule has 1 heterocycles. The SMILES string of the molecule is CC.CCN1C(=O)c2cccc3cccc1c23. The lowest BCUT2D eigenvalue weighted by atomic mass is 10.1. The lowest BCUT2D eigenvalue weighted by Crippen LogP contribution is -2.25. The number of hydrogen-bond acceptors (Lipinski definition) is 1. The lowest BCUT2D eigenvalue weighted by molar-refractivity contribution is 0.0994. The van der Waals surface area contributed by atoms with E-state index in [9.17, 15) is 4.79 Å². The van der Waals surface area contributed by atoms with Crippen molar-refractivity contribution in [3.8, 4) is 0 Å². The van der Waals surface area contributed by atoms with E-state index in [1.165, 1.54) is 0 Å². The van der Waals surface area contributed by atoms with E-state index in [0.717, 1.165) is 28.6 Å². The third-order valence-corrected chi connectivity index (χ3v) is 2.97. The van der Waals surface area contributed by atoms with Crippen molar-refractivity contribution in [2.75, 3.05) is 11.4 Å². The van der Waals surface area contributed by atoms with Gasteiger partial charge >= 0.3 is 0 Å². The second kappa shape index (κ2) is 4.58. The van der Waals surface area contributed by atoms with Crippen LogP contribution in [0.1, 0.15) is 31.1 Å². The van der Waals surface area contributed by atoms with Gasteiger partial charge in [0.05, 0.1) is 5.69 Å². The largest absolute Gasteiger partial charge is 0.308 e. The Hall–Kier alpha value is -1.83. The number of carbonyl (C=O) groups is 1. The van der Waals surface area contributed by atoms with Gasteiger partial charge < -0.3 is 4.90 Å². The van der Waals surface area contributed by atoms with Crippen molar-refractivity contribution < 1.29 is 4.79 Å². The first-order valence-electron chi connectivity index (χ1n) is 6.16. The van der Waals surface area contributed by atoms with Crippen LogP contribution in [0.15, 0.2) is 36.4 Å². The monoisotopic (exact) mass is 227 g/mol. The molecule has 0 N–H and O–H groups in total. The number of benzene rings is 2. The summed E-state index contributed by atoms with van der Waals surface area (Å²) in [6.45, 7) is 6.73. The van der Waals surface area contributed by atoms with E-state index in [0.29, 0.717) is 0 Å². The predicted molar refractivity (Wildman–Crippen MR) is 72.6 cm³/mol. The van der Waals surface area contributed by atoms with Crippen LogP contribution >= 0.6 is 0 Å². The summed E-state index contributed by atoms with van der Waals surface area (Å²) >= 11 is 0. The van der Waals surface area contributed by atoms with Crippen molar-refractivity contribution in [1.82, 2.24) is 0 Å². The third kappa shape index (κ3) is 1.60. The number of nitrogens with zero attached hydrogens (tertiary/aromatic N) is 1. The minimum atomic E-state index is 0.129. The van der Waals surface area contributed by atoms with Crippen molar-refractivity contribution in [1.29, 1.82) is 0 Å². The molecule has 3 rings (SSSR count). The zero-order valence-corrected chi connectivity index (χ0v) is 10.5. The van der Waals surface area contributed by atoms with Crippen LogP contribution in [0, 0.1) is 0 Å². The molecule has 0 aliphatic carbocycles. The summed E-state index contributed by atoms with van der Waals surface area (Å²) in [5.74, 6) is 0.129. The highest BCUT2D eigenvalue weighted by Gasteiger charge is 2.27. The average molecular weight is 227 g/mol. The Morgan fingerprint density at radius 1 is 1.06 bits per heavy atom. The summed E-state index contributed by atoms with van der Waals surface area (Å²) in [7, 11) is 0. The topological polar surface area (TPSA) is 20.3 Å². The van der Waals surface area contributed by atoms with E-state index >= 15 is 0 Å². The fourth-order valence-corrected chi connectivity index (χ4v) is 2.29. The normalized spacial score (nSPS) is 12.6. The molecular formula is C15H17NO. The number of amides is 1. The van der Waals surface area contributed by atoms with Crippen molar-refractivity contribution in [2.24, 2.45) is 0 Å². The number of carbonyl (C=O) groups excluding carboxylic acids is 1. The van der Waals surface area contributed by atoms with Crippen LogP contribution in [0.5, 0.6) is 0 Å².